The van der Waals surface area contributed by atoms with Gasteiger partial charge in [-0.1, -0.05) is 0 Å². The van der Waals surface area contributed by atoms with Crippen LogP contribution in [0.25, 0.3) is 0 Å². The predicted octanol–water partition coefficient (Wildman–Crippen LogP) is 2.30. The van der Waals surface area contributed by atoms with Crippen LogP contribution in [0.1, 0.15) is 0 Å². The zero-order valence-electron chi connectivity index (χ0n) is 2.54. The summed E-state index contributed by atoms with van der Waals surface area (Å²) in [7, 11) is 10.5. The molecule has 0 radical (unpaired) electrons. The number of hydrogen-bond acceptors (Lipinski definition) is 0. The Morgan fingerprint density at radius 1 is 1.17 bits per heavy atom. The summed E-state index contributed by atoms with van der Waals surface area (Å²) in [6.07, 6.45) is 0. The summed E-state index contributed by atoms with van der Waals surface area (Å²) in [6, 6.07) is 0. The first kappa shape index (κ1) is 7.72. The fourth-order valence-corrected chi connectivity index (χ4v) is 0. The van der Waals surface area contributed by atoms with E-state index in [1.54, 1.807) is 0 Å². The van der Waals surface area contributed by atoms with E-state index in [-0.39, 0.29) is 0 Å². The monoisotopic (exact) mass is 228 g/mol. The molecule has 0 fully saturated rings. The molecule has 0 amide bonds. The van der Waals surface area contributed by atoms with E-state index in [1.165, 1.54) is 0 Å². The Hall–Kier alpha value is 1.72. The van der Waals surface area contributed by atoms with Crippen molar-refractivity contribution >= 4 is 55.9 Å². The molecule has 0 aliphatic carbocycles. The first-order valence-electron chi connectivity index (χ1n) is 1.03. The molecule has 0 bridgehead atoms. The predicted molar refractivity (Wildman–Crippen MR) is 33.0 cm³/mol. The second-order valence-corrected chi connectivity index (χ2v) is 9.82. The van der Waals surface area contributed by atoms with Crippen LogP contribution in [0.2, 0.25) is 0 Å². The zero-order valence-corrected chi connectivity index (χ0v) is 7.44. The Kier molecular flexibility index (Phi) is 4.74. The molecule has 0 heterocycles. The van der Waals surface area contributed by atoms with Crippen LogP contribution in [0, 0.1) is 0 Å². The van der Waals surface area contributed by atoms with Gasteiger partial charge in [-0.15, -0.1) is 0 Å². The van der Waals surface area contributed by atoms with Gasteiger partial charge in [-0.05, 0) is 0 Å². The Morgan fingerprint density at radius 2 is 1.33 bits per heavy atom. The Labute approximate surface area is 59.3 Å². The molecule has 0 saturated carbocycles. The molecule has 0 aliphatic rings. The van der Waals surface area contributed by atoms with E-state index in [0.717, 1.165) is 0 Å². The van der Waals surface area contributed by atoms with Crippen molar-refractivity contribution in [2.24, 2.45) is 0 Å². The fraction of sp³-hybridized carbons (Fsp3) is 1.00. The van der Waals surface area contributed by atoms with Crippen LogP contribution < -0.4 is 0 Å². The molecule has 0 aliphatic heterocycles. The fourth-order valence-electron chi connectivity index (χ4n) is 0. The van der Waals surface area contributed by atoms with Crippen molar-refractivity contribution < 1.29 is 0 Å². The summed E-state index contributed by atoms with van der Waals surface area (Å²) >= 11 is 8.53. The van der Waals surface area contributed by atoms with Crippen LogP contribution in [0.5, 0.6) is 0 Å². The van der Waals surface area contributed by atoms with Gasteiger partial charge in [-0.3, -0.25) is 0 Å². The van der Waals surface area contributed by atoms with Gasteiger partial charge in [0.25, 0.3) is 0 Å². The summed E-state index contributed by atoms with van der Waals surface area (Å²) in [6.45, 7) is 0. The van der Waals surface area contributed by atoms with Crippen molar-refractivity contribution in [2.45, 2.75) is 3.62 Å². The average molecular weight is 230 g/mol. The third-order valence-electron chi connectivity index (χ3n) is 0.148. The van der Waals surface area contributed by atoms with Crippen LogP contribution in [-0.2, 0) is 0 Å². The third-order valence-corrected chi connectivity index (χ3v) is 6.90. The van der Waals surface area contributed by atoms with E-state index in [9.17, 15) is 0 Å². The van der Waals surface area contributed by atoms with Gasteiger partial charge in [-0.2, -0.15) is 0 Å². The molecule has 0 aromatic carbocycles. The van der Waals surface area contributed by atoms with E-state index in [0.29, 0.717) is 0 Å². The van der Waals surface area contributed by atoms with Gasteiger partial charge in [0, 0.05) is 0 Å². The van der Waals surface area contributed by atoms with E-state index >= 15 is 0 Å². The van der Waals surface area contributed by atoms with Gasteiger partial charge in [-0.25, -0.2) is 0 Å². The van der Waals surface area contributed by atoms with E-state index < -0.39 is 16.4 Å². The van der Waals surface area contributed by atoms with Crippen LogP contribution in [0.15, 0.2) is 0 Å². The SMILES string of the molecule is ClC(Cl)[As](Cl)Cl. The molecule has 5 heteroatoms. The Morgan fingerprint density at radius 3 is 1.33 bits per heavy atom. The number of hydrogen-bond donors (Lipinski definition) is 0. The molecule has 0 unspecified atom stereocenters. The number of halogens is 4. The molecular weight excluding hydrogens is 229 g/mol. The van der Waals surface area contributed by atoms with Gasteiger partial charge in [0.05, 0.1) is 0 Å². The van der Waals surface area contributed by atoms with Gasteiger partial charge in [0.2, 0.25) is 0 Å². The Balaban J connectivity index is 2.99. The molecule has 0 atom stereocenters. The van der Waals surface area contributed by atoms with Crippen molar-refractivity contribution in [3.05, 3.63) is 0 Å². The molecule has 38 valence electrons. The molecule has 0 aromatic rings. The first-order valence-corrected chi connectivity index (χ1v) is 7.92. The van der Waals surface area contributed by atoms with Crippen LogP contribution in [-0.4, -0.2) is 16.4 Å². The summed E-state index contributed by atoms with van der Waals surface area (Å²) in [5, 5.41) is 0. The molecule has 0 rings (SSSR count). The van der Waals surface area contributed by atoms with Gasteiger partial charge >= 0.3 is 59.5 Å². The molecule has 0 saturated heterocycles. The van der Waals surface area contributed by atoms with Crippen molar-refractivity contribution in [1.29, 1.82) is 0 Å². The number of rotatable bonds is 1. The summed E-state index contributed by atoms with van der Waals surface area (Å²) < 4.78 is -0.527. The molecule has 0 nitrogen and oxygen atoms in total. The number of alkyl halides is 2. The first-order chi connectivity index (χ1) is 2.64. The topological polar surface area (TPSA) is 0 Å². The Bertz CT molecular complexity index is 28.5. The van der Waals surface area contributed by atoms with Crippen molar-refractivity contribution in [3.8, 4) is 0 Å². The maximum atomic E-state index is 5.26. The van der Waals surface area contributed by atoms with Gasteiger partial charge < -0.3 is 0 Å². The van der Waals surface area contributed by atoms with Crippen molar-refractivity contribution in [3.63, 3.8) is 0 Å². The standard InChI is InChI=1S/CHAsCl4/c3-1(4)2(5)6/h1H. The van der Waals surface area contributed by atoms with Crippen molar-refractivity contribution in [1.82, 2.24) is 0 Å². The van der Waals surface area contributed by atoms with Crippen molar-refractivity contribution in [2.75, 3.05) is 0 Å². The second kappa shape index (κ2) is 3.69. The molecular formula is CHAsCl4. The van der Waals surface area contributed by atoms with Crippen LogP contribution in [0.4, 0.5) is 0 Å². The second-order valence-electron chi connectivity index (χ2n) is 0.537. The third kappa shape index (κ3) is 3.89. The van der Waals surface area contributed by atoms with Crippen LogP contribution in [0.3, 0.4) is 0 Å². The van der Waals surface area contributed by atoms with Gasteiger partial charge in [0.15, 0.2) is 0 Å². The normalized spacial score (nSPS) is 11.0. The van der Waals surface area contributed by atoms with E-state index in [1.807, 2.05) is 0 Å². The summed E-state index contributed by atoms with van der Waals surface area (Å²) in [5.41, 5.74) is 0. The summed E-state index contributed by atoms with van der Waals surface area (Å²) in [5.74, 6) is 0. The average Bonchev–Trinajstić information content (AvgIpc) is 1.36. The molecule has 0 aromatic heterocycles. The minimum absolute atomic E-state index is 0.527. The quantitative estimate of drug-likeness (QED) is 0.478. The van der Waals surface area contributed by atoms with Gasteiger partial charge in [0.1, 0.15) is 0 Å². The van der Waals surface area contributed by atoms with E-state index in [2.05, 4.69) is 0 Å². The zero-order chi connectivity index (χ0) is 5.15. The molecule has 0 spiro atoms. The minimum atomic E-state index is -1.82. The maximum absolute atomic E-state index is 5.26. The molecule has 0 N–H and O–H groups in total. The van der Waals surface area contributed by atoms with Crippen LogP contribution >= 0.6 is 43.1 Å². The summed E-state index contributed by atoms with van der Waals surface area (Å²) in [4.78, 5) is 0. The van der Waals surface area contributed by atoms with E-state index in [4.69, 9.17) is 43.1 Å². The molecule has 6 heavy (non-hydrogen) atoms.